The van der Waals surface area contributed by atoms with Gasteiger partial charge in [-0.05, 0) is 60.0 Å². The molecule has 10 heteroatoms. The van der Waals surface area contributed by atoms with E-state index in [1.807, 2.05) is 60.7 Å². The van der Waals surface area contributed by atoms with Gasteiger partial charge >= 0.3 is 11.9 Å². The summed E-state index contributed by atoms with van der Waals surface area (Å²) in [7, 11) is 0. The Balaban J connectivity index is 1.48. The van der Waals surface area contributed by atoms with Crippen molar-refractivity contribution >= 4 is 35.3 Å². The van der Waals surface area contributed by atoms with Crippen LogP contribution in [-0.2, 0) is 30.4 Å². The average molecular weight is 642 g/mol. The zero-order valence-corrected chi connectivity index (χ0v) is 26.2. The maximum absolute atomic E-state index is 12.7. The lowest BCUT2D eigenvalue weighted by Gasteiger charge is -2.43. The zero-order chi connectivity index (χ0) is 32.6. The molecule has 0 saturated carbocycles. The van der Waals surface area contributed by atoms with Crippen molar-refractivity contribution in [2.75, 3.05) is 11.1 Å². The molecule has 0 bridgehead atoms. The summed E-state index contributed by atoms with van der Waals surface area (Å²) in [6, 6.07) is 31.6. The van der Waals surface area contributed by atoms with E-state index in [1.165, 1.54) is 13.8 Å². The van der Waals surface area contributed by atoms with Crippen LogP contribution < -0.4 is 5.32 Å². The molecule has 0 spiro atoms. The summed E-state index contributed by atoms with van der Waals surface area (Å²) < 4.78 is 18.5. The zero-order valence-electron chi connectivity index (χ0n) is 25.4. The highest BCUT2D eigenvalue weighted by molar-refractivity contribution is 7.99. The predicted octanol–water partition coefficient (Wildman–Crippen LogP) is 6.50. The van der Waals surface area contributed by atoms with Crippen LogP contribution in [-0.4, -0.2) is 46.0 Å². The minimum absolute atomic E-state index is 0.0752. The third kappa shape index (κ3) is 8.21. The Morgan fingerprint density at radius 3 is 2.22 bits per heavy atom. The van der Waals surface area contributed by atoms with E-state index in [9.17, 15) is 24.6 Å². The number of aliphatic hydroxyl groups excluding tert-OH is 1. The van der Waals surface area contributed by atoms with Crippen molar-refractivity contribution < 1.29 is 38.8 Å². The first-order valence-corrected chi connectivity index (χ1v) is 15.8. The predicted molar refractivity (Wildman–Crippen MR) is 173 cm³/mol. The number of hydrogen-bond donors (Lipinski definition) is 3. The van der Waals surface area contributed by atoms with Gasteiger partial charge in [0.05, 0.1) is 24.4 Å². The van der Waals surface area contributed by atoms with Crippen LogP contribution in [0, 0.1) is 0 Å². The van der Waals surface area contributed by atoms with Gasteiger partial charge in [-0.2, -0.15) is 0 Å². The number of hydrogen-bond acceptors (Lipinski definition) is 8. The SMILES string of the molecule is CC(=O)OC(C)C(=O)Nc1cccc(C2OC(CSc3ccc(C(=O)O)cc3)C(c3ccccc3)C(c3ccc(CO)cc3)O2)c1. The number of carbonyl (C=O) groups is 3. The number of anilines is 1. The monoisotopic (exact) mass is 641 g/mol. The number of nitrogens with one attached hydrogen (secondary N) is 1. The number of esters is 1. The first kappa shape index (κ1) is 32.9. The van der Waals surface area contributed by atoms with Crippen molar-refractivity contribution in [3.63, 3.8) is 0 Å². The molecule has 1 heterocycles. The number of amides is 1. The molecule has 0 radical (unpaired) electrons. The Labute approximate surface area is 271 Å². The average Bonchev–Trinajstić information content (AvgIpc) is 3.07. The van der Waals surface area contributed by atoms with E-state index in [0.717, 1.165) is 21.6 Å². The number of aliphatic hydroxyl groups is 1. The molecule has 0 aliphatic carbocycles. The maximum atomic E-state index is 12.7. The molecule has 1 saturated heterocycles. The standard InChI is InChI=1S/C36H35NO8S/c1-22(43-23(2)39)34(40)37-29-10-6-9-28(19-29)36-44-31(21-46-30-17-15-27(16-18-30)35(41)42)32(25-7-4-3-5-8-25)33(45-36)26-13-11-24(20-38)12-14-26/h3-19,22,31-33,36,38H,20-21H2,1-2H3,(H,37,40)(H,41,42). The van der Waals surface area contributed by atoms with Gasteiger partial charge in [0.1, 0.15) is 0 Å². The lowest BCUT2D eigenvalue weighted by atomic mass is 9.84. The third-order valence-corrected chi connectivity index (χ3v) is 8.73. The highest BCUT2D eigenvalue weighted by atomic mass is 32.2. The second-order valence-corrected chi connectivity index (χ2v) is 12.0. The summed E-state index contributed by atoms with van der Waals surface area (Å²) in [6.07, 6.45) is -2.55. The van der Waals surface area contributed by atoms with Crippen molar-refractivity contribution in [3.8, 4) is 0 Å². The molecule has 9 nitrogen and oxygen atoms in total. The molecule has 4 aromatic carbocycles. The van der Waals surface area contributed by atoms with Crippen LogP contribution in [0.15, 0.2) is 108 Å². The van der Waals surface area contributed by atoms with Crippen LogP contribution >= 0.6 is 11.8 Å². The summed E-state index contributed by atoms with van der Waals surface area (Å²) in [6.45, 7) is 2.67. The van der Waals surface area contributed by atoms with Crippen molar-refractivity contribution in [2.45, 2.75) is 55.9 Å². The van der Waals surface area contributed by atoms with Crippen molar-refractivity contribution in [3.05, 3.63) is 131 Å². The number of ether oxygens (including phenoxy) is 3. The Morgan fingerprint density at radius 1 is 0.870 bits per heavy atom. The number of thioether (sulfide) groups is 1. The quantitative estimate of drug-likeness (QED) is 0.124. The summed E-state index contributed by atoms with van der Waals surface area (Å²) in [5.74, 6) is -1.67. The largest absolute Gasteiger partial charge is 0.478 e. The smallest absolute Gasteiger partial charge is 0.335 e. The number of benzene rings is 4. The van der Waals surface area contributed by atoms with Crippen LogP contribution in [0.2, 0.25) is 0 Å². The fraction of sp³-hybridized carbons (Fsp3) is 0.250. The molecular formula is C36H35NO8S. The second kappa shape index (κ2) is 15.2. The van der Waals surface area contributed by atoms with Gasteiger partial charge < -0.3 is 29.7 Å². The lowest BCUT2D eigenvalue weighted by Crippen LogP contribution is -2.38. The fourth-order valence-electron chi connectivity index (χ4n) is 5.33. The molecule has 5 rings (SSSR count). The second-order valence-electron chi connectivity index (χ2n) is 10.9. The molecule has 238 valence electrons. The van der Waals surface area contributed by atoms with E-state index in [4.69, 9.17) is 14.2 Å². The van der Waals surface area contributed by atoms with Crippen molar-refractivity contribution in [1.29, 1.82) is 0 Å². The van der Waals surface area contributed by atoms with Gasteiger partial charge in [0, 0.05) is 34.7 Å². The Morgan fingerprint density at radius 2 is 1.57 bits per heavy atom. The summed E-state index contributed by atoms with van der Waals surface area (Å²) in [5, 5.41) is 21.8. The van der Waals surface area contributed by atoms with E-state index < -0.39 is 36.3 Å². The highest BCUT2D eigenvalue weighted by Crippen LogP contribution is 2.48. The molecule has 1 fully saturated rings. The van der Waals surface area contributed by atoms with E-state index in [0.29, 0.717) is 17.0 Å². The topological polar surface area (TPSA) is 131 Å². The number of carboxylic acid groups (broad SMARTS) is 1. The molecule has 4 aromatic rings. The minimum atomic E-state index is -0.981. The molecule has 1 aliphatic heterocycles. The first-order chi connectivity index (χ1) is 22.2. The molecule has 0 aromatic heterocycles. The molecule has 3 N–H and O–H groups in total. The minimum Gasteiger partial charge on any atom is -0.478 e. The summed E-state index contributed by atoms with van der Waals surface area (Å²) in [5.41, 5.74) is 4.13. The molecule has 5 unspecified atom stereocenters. The van der Waals surface area contributed by atoms with Crippen LogP contribution in [0.5, 0.6) is 0 Å². The van der Waals surface area contributed by atoms with Gasteiger partial charge in [-0.1, -0.05) is 66.7 Å². The number of carbonyl (C=O) groups excluding carboxylic acids is 2. The van der Waals surface area contributed by atoms with Gasteiger partial charge in [-0.3, -0.25) is 9.59 Å². The molecule has 5 atom stereocenters. The van der Waals surface area contributed by atoms with E-state index >= 15 is 0 Å². The molecular weight excluding hydrogens is 606 g/mol. The summed E-state index contributed by atoms with van der Waals surface area (Å²) >= 11 is 1.56. The Bertz CT molecular complexity index is 1650. The van der Waals surface area contributed by atoms with E-state index in [1.54, 1.807) is 54.2 Å². The van der Waals surface area contributed by atoms with E-state index in [2.05, 4.69) is 5.32 Å². The van der Waals surface area contributed by atoms with Crippen LogP contribution in [0.3, 0.4) is 0 Å². The molecule has 46 heavy (non-hydrogen) atoms. The maximum Gasteiger partial charge on any atom is 0.335 e. The van der Waals surface area contributed by atoms with Gasteiger partial charge in [-0.25, -0.2) is 4.79 Å². The summed E-state index contributed by atoms with van der Waals surface area (Å²) in [4.78, 5) is 36.2. The van der Waals surface area contributed by atoms with Gasteiger partial charge in [0.25, 0.3) is 5.91 Å². The van der Waals surface area contributed by atoms with Gasteiger partial charge in [-0.15, -0.1) is 11.8 Å². The number of rotatable bonds is 11. The number of carboxylic acids is 1. The third-order valence-electron chi connectivity index (χ3n) is 7.62. The van der Waals surface area contributed by atoms with Crippen LogP contribution in [0.25, 0.3) is 0 Å². The Kier molecular flexibility index (Phi) is 10.9. The normalized spacial score (nSPS) is 20.0. The lowest BCUT2D eigenvalue weighted by molar-refractivity contribution is -0.255. The van der Waals surface area contributed by atoms with Crippen LogP contribution in [0.4, 0.5) is 5.69 Å². The van der Waals surface area contributed by atoms with Gasteiger partial charge in [0.2, 0.25) is 0 Å². The fourth-order valence-corrected chi connectivity index (χ4v) is 6.30. The first-order valence-electron chi connectivity index (χ1n) is 14.8. The number of aromatic carboxylic acids is 1. The Hall–Kier alpha value is -4.48. The highest BCUT2D eigenvalue weighted by Gasteiger charge is 2.42. The molecule has 1 amide bonds. The van der Waals surface area contributed by atoms with Crippen LogP contribution in [0.1, 0.15) is 64.8 Å². The van der Waals surface area contributed by atoms with Gasteiger partial charge in [0.15, 0.2) is 12.4 Å². The van der Waals surface area contributed by atoms with E-state index in [-0.39, 0.29) is 24.2 Å². The molecule has 1 aliphatic rings. The van der Waals surface area contributed by atoms with Crippen molar-refractivity contribution in [2.24, 2.45) is 0 Å². The van der Waals surface area contributed by atoms with Crippen molar-refractivity contribution in [1.82, 2.24) is 0 Å².